The minimum Gasteiger partial charge on any atom is -0.497 e. The summed E-state index contributed by atoms with van der Waals surface area (Å²) in [5.74, 6) is 0.632. The highest BCUT2D eigenvalue weighted by Gasteiger charge is 2.11. The third-order valence-corrected chi connectivity index (χ3v) is 3.59. The van der Waals surface area contributed by atoms with Crippen molar-refractivity contribution < 1.29 is 9.53 Å². The highest BCUT2D eigenvalue weighted by atomic mass is 16.5. The van der Waals surface area contributed by atoms with E-state index in [0.717, 1.165) is 12.8 Å². The van der Waals surface area contributed by atoms with Gasteiger partial charge in [0.25, 0.3) is 5.91 Å². The maximum absolute atomic E-state index is 12.2. The molecule has 1 aromatic carbocycles. The van der Waals surface area contributed by atoms with E-state index in [-0.39, 0.29) is 11.9 Å². The van der Waals surface area contributed by atoms with Crippen LogP contribution >= 0.6 is 0 Å². The van der Waals surface area contributed by atoms with Crippen molar-refractivity contribution in [2.75, 3.05) is 7.11 Å². The molecule has 0 fully saturated rings. The molecule has 0 aliphatic rings. The van der Waals surface area contributed by atoms with Gasteiger partial charge in [0.05, 0.1) is 7.11 Å². The van der Waals surface area contributed by atoms with Crippen LogP contribution in [0.25, 0.3) is 0 Å². The van der Waals surface area contributed by atoms with E-state index in [1.807, 2.05) is 38.4 Å². The highest BCUT2D eigenvalue weighted by molar-refractivity contribution is 5.94. The van der Waals surface area contributed by atoms with Crippen LogP contribution in [-0.4, -0.2) is 23.6 Å². The number of nitrogens with one attached hydrogen (secondary N) is 1. The minimum atomic E-state index is -0.0618. The van der Waals surface area contributed by atoms with Crippen LogP contribution in [-0.2, 0) is 13.5 Å². The normalized spacial score (nSPS) is 12.0. The van der Waals surface area contributed by atoms with Gasteiger partial charge in [0.2, 0.25) is 0 Å². The maximum Gasteiger partial charge on any atom is 0.251 e. The molecule has 0 aliphatic carbocycles. The smallest absolute Gasteiger partial charge is 0.251 e. The molecule has 1 amide bonds. The Morgan fingerprint density at radius 3 is 2.81 bits per heavy atom. The Bertz CT molecular complexity index is 604. The molecule has 112 valence electrons. The number of amides is 1. The average molecular weight is 286 g/mol. The van der Waals surface area contributed by atoms with Gasteiger partial charge < -0.3 is 14.6 Å². The monoisotopic (exact) mass is 286 g/mol. The first kappa shape index (κ1) is 15.2. The number of carbonyl (C=O) groups excluding carboxylic acids is 1. The molecule has 1 aromatic heterocycles. The van der Waals surface area contributed by atoms with Crippen LogP contribution in [0.4, 0.5) is 0 Å². The first-order valence-corrected chi connectivity index (χ1v) is 7.15. The Kier molecular flexibility index (Phi) is 5.04. The number of hydrogen-bond acceptors (Lipinski definition) is 2. The number of aryl methyl sites for hydroxylation is 2. The lowest BCUT2D eigenvalue weighted by atomic mass is 10.1. The zero-order valence-electron chi connectivity index (χ0n) is 12.8. The molecule has 4 heteroatoms. The summed E-state index contributed by atoms with van der Waals surface area (Å²) in [5, 5.41) is 3.03. The summed E-state index contributed by atoms with van der Waals surface area (Å²) in [4.78, 5) is 12.2. The molecule has 0 saturated heterocycles. The van der Waals surface area contributed by atoms with Crippen LogP contribution in [0.2, 0.25) is 0 Å². The number of hydrogen-bond donors (Lipinski definition) is 1. The van der Waals surface area contributed by atoms with Crippen molar-refractivity contribution in [2.45, 2.75) is 25.8 Å². The van der Waals surface area contributed by atoms with Gasteiger partial charge in [-0.2, -0.15) is 0 Å². The Labute approximate surface area is 125 Å². The molecule has 1 unspecified atom stereocenters. The molecule has 2 rings (SSSR count). The van der Waals surface area contributed by atoms with Crippen molar-refractivity contribution in [1.82, 2.24) is 9.88 Å². The van der Waals surface area contributed by atoms with Gasteiger partial charge in [0.15, 0.2) is 0 Å². The lowest BCUT2D eigenvalue weighted by Crippen LogP contribution is -2.33. The second-order valence-electron chi connectivity index (χ2n) is 5.26. The van der Waals surface area contributed by atoms with Crippen LogP contribution < -0.4 is 10.1 Å². The van der Waals surface area contributed by atoms with Crippen molar-refractivity contribution in [1.29, 1.82) is 0 Å². The van der Waals surface area contributed by atoms with Crippen LogP contribution in [0.3, 0.4) is 0 Å². The van der Waals surface area contributed by atoms with Crippen LogP contribution in [0.5, 0.6) is 5.75 Å². The summed E-state index contributed by atoms with van der Waals surface area (Å²) in [7, 11) is 3.63. The minimum absolute atomic E-state index is 0.0618. The van der Waals surface area contributed by atoms with Gasteiger partial charge in [0.1, 0.15) is 5.75 Å². The largest absolute Gasteiger partial charge is 0.497 e. The van der Waals surface area contributed by atoms with Crippen molar-refractivity contribution in [2.24, 2.45) is 7.05 Å². The van der Waals surface area contributed by atoms with E-state index in [1.165, 1.54) is 5.69 Å². The number of rotatable bonds is 6. The Morgan fingerprint density at radius 1 is 1.33 bits per heavy atom. The van der Waals surface area contributed by atoms with E-state index in [1.54, 1.807) is 19.2 Å². The maximum atomic E-state index is 12.2. The second-order valence-corrected chi connectivity index (χ2v) is 5.26. The molecule has 1 N–H and O–H groups in total. The molecular formula is C17H22N2O2. The molecule has 0 radical (unpaired) electrons. The molecule has 0 aliphatic heterocycles. The quantitative estimate of drug-likeness (QED) is 0.887. The van der Waals surface area contributed by atoms with E-state index in [9.17, 15) is 4.79 Å². The zero-order chi connectivity index (χ0) is 15.2. The van der Waals surface area contributed by atoms with Gasteiger partial charge in [-0.25, -0.2) is 0 Å². The lowest BCUT2D eigenvalue weighted by molar-refractivity contribution is 0.0938. The molecule has 21 heavy (non-hydrogen) atoms. The summed E-state index contributed by atoms with van der Waals surface area (Å²) in [6.07, 6.45) is 3.89. The second kappa shape index (κ2) is 6.97. The third kappa shape index (κ3) is 4.12. The number of aromatic nitrogens is 1. The summed E-state index contributed by atoms with van der Waals surface area (Å²) in [6, 6.07) is 11.5. The first-order chi connectivity index (χ1) is 10.1. The van der Waals surface area contributed by atoms with Gasteiger partial charge in [0, 0.05) is 30.5 Å². The number of methoxy groups -OCH3 is 1. The van der Waals surface area contributed by atoms with Gasteiger partial charge in [-0.3, -0.25) is 4.79 Å². The van der Waals surface area contributed by atoms with E-state index in [4.69, 9.17) is 4.74 Å². The molecule has 1 atom stereocenters. The van der Waals surface area contributed by atoms with E-state index < -0.39 is 0 Å². The van der Waals surface area contributed by atoms with Crippen molar-refractivity contribution >= 4 is 5.91 Å². The van der Waals surface area contributed by atoms with Gasteiger partial charge in [-0.1, -0.05) is 6.07 Å². The molecule has 0 bridgehead atoms. The Balaban J connectivity index is 1.88. The van der Waals surface area contributed by atoms with E-state index >= 15 is 0 Å². The zero-order valence-corrected chi connectivity index (χ0v) is 12.8. The topological polar surface area (TPSA) is 43.3 Å². The van der Waals surface area contributed by atoms with Crippen molar-refractivity contribution in [3.63, 3.8) is 0 Å². The molecular weight excluding hydrogens is 264 g/mol. The number of ether oxygens (including phenoxy) is 1. The Hall–Kier alpha value is -2.23. The first-order valence-electron chi connectivity index (χ1n) is 7.15. The number of benzene rings is 1. The van der Waals surface area contributed by atoms with Crippen LogP contribution in [0, 0.1) is 0 Å². The van der Waals surface area contributed by atoms with Crippen molar-refractivity contribution in [3.8, 4) is 5.75 Å². The molecule has 4 nitrogen and oxygen atoms in total. The summed E-state index contributed by atoms with van der Waals surface area (Å²) >= 11 is 0. The lowest BCUT2D eigenvalue weighted by Gasteiger charge is -2.14. The molecule has 2 aromatic rings. The van der Waals surface area contributed by atoms with E-state index in [0.29, 0.717) is 11.3 Å². The predicted octanol–water partition coefficient (Wildman–Crippen LogP) is 2.78. The van der Waals surface area contributed by atoms with Crippen LogP contribution in [0.15, 0.2) is 42.6 Å². The van der Waals surface area contributed by atoms with Gasteiger partial charge in [-0.15, -0.1) is 0 Å². The highest BCUT2D eigenvalue weighted by Crippen LogP contribution is 2.13. The fraction of sp³-hybridized carbons (Fsp3) is 0.353. The van der Waals surface area contributed by atoms with Crippen LogP contribution in [0.1, 0.15) is 29.4 Å². The standard InChI is InChI=1S/C17H22N2O2/c1-13(9-10-15-7-5-11-19(15)2)18-17(20)14-6-4-8-16(12-14)21-3/h4-8,11-13H,9-10H2,1-3H3,(H,18,20). The summed E-state index contributed by atoms with van der Waals surface area (Å²) < 4.78 is 7.24. The molecule has 0 spiro atoms. The Morgan fingerprint density at radius 2 is 2.14 bits per heavy atom. The van der Waals surface area contributed by atoms with E-state index in [2.05, 4.69) is 16.0 Å². The summed E-state index contributed by atoms with van der Waals surface area (Å²) in [5.41, 5.74) is 1.90. The van der Waals surface area contributed by atoms with Gasteiger partial charge >= 0.3 is 0 Å². The predicted molar refractivity (Wildman–Crippen MR) is 83.7 cm³/mol. The third-order valence-electron chi connectivity index (χ3n) is 3.59. The molecule has 1 heterocycles. The average Bonchev–Trinajstić information content (AvgIpc) is 2.90. The number of nitrogens with zero attached hydrogens (tertiary/aromatic N) is 1. The fourth-order valence-corrected chi connectivity index (χ4v) is 2.26. The fourth-order valence-electron chi connectivity index (χ4n) is 2.26. The SMILES string of the molecule is COc1cccc(C(=O)NC(C)CCc2cccn2C)c1. The summed E-state index contributed by atoms with van der Waals surface area (Å²) in [6.45, 7) is 2.03. The van der Waals surface area contributed by atoms with Gasteiger partial charge in [-0.05, 0) is 50.1 Å². The van der Waals surface area contributed by atoms with Crippen molar-refractivity contribution in [3.05, 3.63) is 53.9 Å². The number of carbonyl (C=O) groups is 1. The molecule has 0 saturated carbocycles.